The van der Waals surface area contributed by atoms with Crippen LogP contribution >= 0.6 is 11.6 Å². The molecule has 0 aliphatic heterocycles. The maximum Gasteiger partial charge on any atom is 0.257 e. The van der Waals surface area contributed by atoms with Crippen molar-refractivity contribution in [2.45, 2.75) is 13.0 Å². The van der Waals surface area contributed by atoms with Gasteiger partial charge in [0.15, 0.2) is 0 Å². The number of aryl methyl sites for hydroxylation is 1. The van der Waals surface area contributed by atoms with Gasteiger partial charge in [0.05, 0.1) is 22.3 Å². The summed E-state index contributed by atoms with van der Waals surface area (Å²) in [5.41, 5.74) is 4.97. The Kier molecular flexibility index (Phi) is 5.97. The van der Waals surface area contributed by atoms with E-state index in [4.69, 9.17) is 11.6 Å². The molecule has 0 spiro atoms. The molecule has 5 rings (SSSR count). The number of fused-ring (bicyclic) bond motifs is 1. The Morgan fingerprint density at radius 3 is 2.44 bits per heavy atom. The van der Waals surface area contributed by atoms with E-state index in [0.29, 0.717) is 16.3 Å². The SMILES string of the molecule is Cc1[nH]c2ccc(NC(=O)c3ccccc3Cl)cc2c1[C@H](Nc1ccccn1)c1ccccn1. The molecule has 1 amide bonds. The number of pyridine rings is 2. The standard InChI is InChI=1S/C27H22ClN5O/c1-17-25(26(23-10-4-6-14-29-23)33-24-11-5-7-15-30-24)20-16-18(12-13-22(20)31-17)32-27(34)19-8-2-3-9-21(19)28/h2-16,26,31H,1H3,(H,30,33)(H,32,34)/t26-/m1/s1. The van der Waals surface area contributed by atoms with E-state index in [2.05, 4.69) is 25.6 Å². The number of hydrogen-bond acceptors (Lipinski definition) is 4. The van der Waals surface area contributed by atoms with Gasteiger partial charge in [-0.05, 0) is 61.5 Å². The minimum absolute atomic E-state index is 0.251. The lowest BCUT2D eigenvalue weighted by Crippen LogP contribution is -2.15. The molecule has 0 unspecified atom stereocenters. The molecule has 0 aliphatic rings. The summed E-state index contributed by atoms with van der Waals surface area (Å²) in [6.07, 6.45) is 3.53. The third-order valence-corrected chi connectivity index (χ3v) is 5.97. The molecule has 3 heterocycles. The second kappa shape index (κ2) is 9.37. The molecule has 168 valence electrons. The van der Waals surface area contributed by atoms with Gasteiger partial charge < -0.3 is 15.6 Å². The number of benzene rings is 2. The Morgan fingerprint density at radius 1 is 0.941 bits per heavy atom. The van der Waals surface area contributed by atoms with Gasteiger partial charge in [0.1, 0.15) is 5.82 Å². The van der Waals surface area contributed by atoms with Crippen LogP contribution in [0.25, 0.3) is 10.9 Å². The zero-order valence-corrected chi connectivity index (χ0v) is 19.2. The predicted octanol–water partition coefficient (Wildman–Crippen LogP) is 6.37. The lowest BCUT2D eigenvalue weighted by molar-refractivity contribution is 0.102. The van der Waals surface area contributed by atoms with Crippen LogP contribution in [0.15, 0.2) is 91.3 Å². The summed E-state index contributed by atoms with van der Waals surface area (Å²) in [6, 6.07) is 24.1. The number of nitrogens with one attached hydrogen (secondary N) is 3. The molecule has 3 N–H and O–H groups in total. The van der Waals surface area contributed by atoms with Crippen LogP contribution in [0.4, 0.5) is 11.5 Å². The number of anilines is 2. The highest BCUT2D eigenvalue weighted by Gasteiger charge is 2.23. The second-order valence-electron chi connectivity index (χ2n) is 7.90. The van der Waals surface area contributed by atoms with Crippen molar-refractivity contribution in [3.8, 4) is 0 Å². The monoisotopic (exact) mass is 467 g/mol. The summed E-state index contributed by atoms with van der Waals surface area (Å²) >= 11 is 6.21. The molecular weight excluding hydrogens is 446 g/mol. The highest BCUT2D eigenvalue weighted by atomic mass is 35.5. The highest BCUT2D eigenvalue weighted by molar-refractivity contribution is 6.34. The van der Waals surface area contributed by atoms with E-state index >= 15 is 0 Å². The normalized spacial score (nSPS) is 11.8. The highest BCUT2D eigenvalue weighted by Crippen LogP contribution is 2.35. The number of halogens is 1. The number of rotatable bonds is 6. The number of amides is 1. The fourth-order valence-electron chi connectivity index (χ4n) is 4.08. The molecule has 6 nitrogen and oxygen atoms in total. The van der Waals surface area contributed by atoms with Crippen molar-refractivity contribution in [3.63, 3.8) is 0 Å². The first kappa shape index (κ1) is 21.7. The zero-order valence-electron chi connectivity index (χ0n) is 18.4. The van der Waals surface area contributed by atoms with Crippen LogP contribution in [-0.4, -0.2) is 20.9 Å². The summed E-state index contributed by atoms with van der Waals surface area (Å²) in [6.45, 7) is 2.04. The number of aromatic nitrogens is 3. The maximum absolute atomic E-state index is 12.8. The fourth-order valence-corrected chi connectivity index (χ4v) is 4.30. The topological polar surface area (TPSA) is 82.7 Å². The van der Waals surface area contributed by atoms with Gasteiger partial charge in [-0.15, -0.1) is 0 Å². The lowest BCUT2D eigenvalue weighted by atomic mass is 9.99. The van der Waals surface area contributed by atoms with Gasteiger partial charge in [-0.3, -0.25) is 9.78 Å². The van der Waals surface area contributed by atoms with Crippen LogP contribution in [0, 0.1) is 6.92 Å². The summed E-state index contributed by atoms with van der Waals surface area (Å²) in [4.78, 5) is 25.3. The van der Waals surface area contributed by atoms with Gasteiger partial charge in [0.2, 0.25) is 0 Å². The molecule has 0 aliphatic carbocycles. The quantitative estimate of drug-likeness (QED) is 0.271. The fraction of sp³-hybridized carbons (Fsp3) is 0.0741. The van der Waals surface area contributed by atoms with Crippen LogP contribution in [0.5, 0.6) is 0 Å². The summed E-state index contributed by atoms with van der Waals surface area (Å²) in [5.74, 6) is 0.488. The number of H-pyrrole nitrogens is 1. The molecule has 0 saturated heterocycles. The Hall–Kier alpha value is -4.16. The molecule has 34 heavy (non-hydrogen) atoms. The average Bonchev–Trinajstić information content (AvgIpc) is 3.19. The first-order chi connectivity index (χ1) is 16.6. The van der Waals surface area contributed by atoms with Gasteiger partial charge in [-0.25, -0.2) is 4.98 Å². The van der Waals surface area contributed by atoms with Crippen LogP contribution in [0.1, 0.15) is 33.4 Å². The molecule has 7 heteroatoms. The van der Waals surface area contributed by atoms with Crippen molar-refractivity contribution in [1.29, 1.82) is 0 Å². The molecule has 0 radical (unpaired) electrons. The molecule has 5 aromatic rings. The van der Waals surface area contributed by atoms with Crippen LogP contribution < -0.4 is 10.6 Å². The van der Waals surface area contributed by atoms with E-state index in [1.165, 1.54) is 0 Å². The third kappa shape index (κ3) is 4.36. The number of carbonyl (C=O) groups excluding carboxylic acids is 1. The number of nitrogens with zero attached hydrogens (tertiary/aromatic N) is 2. The largest absolute Gasteiger partial charge is 0.358 e. The van der Waals surface area contributed by atoms with E-state index < -0.39 is 0 Å². The van der Waals surface area contributed by atoms with Gasteiger partial charge in [-0.2, -0.15) is 0 Å². The first-order valence-electron chi connectivity index (χ1n) is 10.9. The molecule has 2 aromatic carbocycles. The van der Waals surface area contributed by atoms with Crippen LogP contribution in [0.3, 0.4) is 0 Å². The second-order valence-corrected chi connectivity index (χ2v) is 8.31. The van der Waals surface area contributed by atoms with Gasteiger partial charge >= 0.3 is 0 Å². The van der Waals surface area contributed by atoms with Crippen LogP contribution in [-0.2, 0) is 0 Å². The minimum Gasteiger partial charge on any atom is -0.358 e. The van der Waals surface area contributed by atoms with Crippen molar-refractivity contribution in [2.75, 3.05) is 10.6 Å². The summed E-state index contributed by atoms with van der Waals surface area (Å²) < 4.78 is 0. The van der Waals surface area contributed by atoms with Crippen molar-refractivity contribution < 1.29 is 4.79 Å². The molecule has 3 aromatic heterocycles. The Morgan fingerprint density at radius 2 is 1.71 bits per heavy atom. The van der Waals surface area contributed by atoms with E-state index in [0.717, 1.165) is 33.7 Å². The number of aromatic amines is 1. The van der Waals surface area contributed by atoms with Crippen molar-refractivity contribution in [3.05, 3.63) is 119 Å². The smallest absolute Gasteiger partial charge is 0.257 e. The summed E-state index contributed by atoms with van der Waals surface area (Å²) in [7, 11) is 0. The number of carbonyl (C=O) groups is 1. The van der Waals surface area contributed by atoms with E-state index in [9.17, 15) is 4.79 Å². The van der Waals surface area contributed by atoms with Gasteiger partial charge in [0, 0.05) is 40.2 Å². The molecule has 1 atom stereocenters. The minimum atomic E-state index is -0.258. The molecule has 0 saturated carbocycles. The predicted molar refractivity (Wildman–Crippen MR) is 136 cm³/mol. The molecule has 0 fully saturated rings. The van der Waals surface area contributed by atoms with Gasteiger partial charge in [-0.1, -0.05) is 35.9 Å². The zero-order chi connectivity index (χ0) is 23.5. The maximum atomic E-state index is 12.8. The van der Waals surface area contributed by atoms with Crippen molar-refractivity contribution in [1.82, 2.24) is 15.0 Å². The Bertz CT molecular complexity index is 1450. The average molecular weight is 468 g/mol. The van der Waals surface area contributed by atoms with Crippen molar-refractivity contribution in [2.24, 2.45) is 0 Å². The Labute approximate surface area is 202 Å². The Balaban J connectivity index is 1.56. The molecular formula is C27H22ClN5O. The summed E-state index contributed by atoms with van der Waals surface area (Å²) in [5, 5.41) is 7.89. The first-order valence-corrected chi connectivity index (χ1v) is 11.2. The number of hydrogen-bond donors (Lipinski definition) is 3. The molecule has 0 bridgehead atoms. The van der Waals surface area contributed by atoms with Crippen LogP contribution in [0.2, 0.25) is 5.02 Å². The van der Waals surface area contributed by atoms with E-state index in [-0.39, 0.29) is 11.9 Å². The van der Waals surface area contributed by atoms with E-state index in [1.807, 2.05) is 61.5 Å². The van der Waals surface area contributed by atoms with Crippen molar-refractivity contribution >= 4 is 39.9 Å². The van der Waals surface area contributed by atoms with Gasteiger partial charge in [0.25, 0.3) is 5.91 Å². The van der Waals surface area contributed by atoms with E-state index in [1.54, 1.807) is 36.7 Å². The lowest BCUT2D eigenvalue weighted by Gasteiger charge is -2.20. The third-order valence-electron chi connectivity index (χ3n) is 5.64.